The molecular weight excluding hydrogens is 336 g/mol. The predicted octanol–water partition coefficient (Wildman–Crippen LogP) is 6.22. The molecule has 0 fully saturated rings. The summed E-state index contributed by atoms with van der Waals surface area (Å²) in [6.07, 6.45) is 0. The lowest BCUT2D eigenvalue weighted by Gasteiger charge is -2.09. The van der Waals surface area contributed by atoms with Crippen molar-refractivity contribution in [1.29, 1.82) is 5.26 Å². The number of nitrogens with zero attached hydrogens (tertiary/aromatic N) is 2. The van der Waals surface area contributed by atoms with E-state index in [0.29, 0.717) is 17.1 Å². The maximum absolute atomic E-state index is 8.95. The Kier molecular flexibility index (Phi) is 6.82. The highest BCUT2D eigenvalue weighted by Gasteiger charge is 2.05. The van der Waals surface area contributed by atoms with Gasteiger partial charge in [-0.05, 0) is 30.3 Å². The molecule has 1 heterocycles. The Bertz CT molecular complexity index is 861. The molecular formula is C20H17ClN2O2. The van der Waals surface area contributed by atoms with Gasteiger partial charge < -0.3 is 9.47 Å². The van der Waals surface area contributed by atoms with Crippen LogP contribution in [-0.2, 0) is 0 Å². The molecule has 0 saturated heterocycles. The van der Waals surface area contributed by atoms with Crippen molar-refractivity contribution in [1.82, 2.24) is 4.98 Å². The Hall–Kier alpha value is -3.03. The maximum atomic E-state index is 8.95. The highest BCUT2D eigenvalue weighted by Crippen LogP contribution is 2.28. The van der Waals surface area contributed by atoms with Crippen LogP contribution < -0.4 is 9.47 Å². The van der Waals surface area contributed by atoms with Gasteiger partial charge in [0.15, 0.2) is 0 Å². The van der Waals surface area contributed by atoms with E-state index in [1.807, 2.05) is 62.4 Å². The maximum Gasteiger partial charge on any atom is 0.221 e. The molecule has 3 aromatic rings. The smallest absolute Gasteiger partial charge is 0.221 e. The number of aromatic nitrogens is 1. The summed E-state index contributed by atoms with van der Waals surface area (Å²) < 4.78 is 11.4. The third-order valence-corrected chi connectivity index (χ3v) is 3.10. The summed E-state index contributed by atoms with van der Waals surface area (Å²) >= 11 is 5.87. The standard InChI is InChI=1S/C18H11ClN2O2.C2H6/c19-17-9-13(12-20)10-18(21-17)23-16-8-4-7-15(11-16)22-14-5-2-1-3-6-14;1-2/h1-11H;1-2H3. The number of nitriles is 1. The number of hydrogen-bond acceptors (Lipinski definition) is 4. The molecule has 0 radical (unpaired) electrons. The molecule has 1 aromatic heterocycles. The van der Waals surface area contributed by atoms with Gasteiger partial charge in [-0.2, -0.15) is 5.26 Å². The number of halogens is 1. The molecule has 0 bridgehead atoms. The van der Waals surface area contributed by atoms with Crippen molar-refractivity contribution in [2.75, 3.05) is 0 Å². The summed E-state index contributed by atoms with van der Waals surface area (Å²) in [4.78, 5) is 4.04. The molecule has 0 unspecified atom stereocenters. The molecule has 3 rings (SSSR count). The van der Waals surface area contributed by atoms with Crippen LogP contribution in [0.15, 0.2) is 66.7 Å². The van der Waals surface area contributed by atoms with Crippen molar-refractivity contribution < 1.29 is 9.47 Å². The van der Waals surface area contributed by atoms with E-state index in [4.69, 9.17) is 26.3 Å². The minimum Gasteiger partial charge on any atom is -0.457 e. The fraction of sp³-hybridized carbons (Fsp3) is 0.100. The Morgan fingerprint density at radius 1 is 0.840 bits per heavy atom. The number of pyridine rings is 1. The van der Waals surface area contributed by atoms with Gasteiger partial charge in [-0.25, -0.2) is 4.98 Å². The molecule has 126 valence electrons. The SMILES string of the molecule is CC.N#Cc1cc(Cl)nc(Oc2cccc(Oc3ccccc3)c2)c1. The van der Waals surface area contributed by atoms with Crippen LogP contribution >= 0.6 is 11.6 Å². The molecule has 0 saturated carbocycles. The molecule has 0 amide bonds. The van der Waals surface area contributed by atoms with E-state index in [0.717, 1.165) is 5.75 Å². The second kappa shape index (κ2) is 9.31. The van der Waals surface area contributed by atoms with Gasteiger partial charge in [0.1, 0.15) is 22.4 Å². The van der Waals surface area contributed by atoms with Crippen LogP contribution in [-0.4, -0.2) is 4.98 Å². The van der Waals surface area contributed by atoms with E-state index in [-0.39, 0.29) is 11.0 Å². The zero-order valence-corrected chi connectivity index (χ0v) is 14.7. The first-order chi connectivity index (χ1) is 12.2. The molecule has 0 aliphatic rings. The highest BCUT2D eigenvalue weighted by atomic mass is 35.5. The predicted molar refractivity (Wildman–Crippen MR) is 98.3 cm³/mol. The number of benzene rings is 2. The molecule has 0 aliphatic heterocycles. The average Bonchev–Trinajstić information content (AvgIpc) is 2.64. The summed E-state index contributed by atoms with van der Waals surface area (Å²) in [7, 11) is 0. The minimum atomic E-state index is 0.204. The summed E-state index contributed by atoms with van der Waals surface area (Å²) in [6, 6.07) is 21.6. The highest BCUT2D eigenvalue weighted by molar-refractivity contribution is 6.29. The summed E-state index contributed by atoms with van der Waals surface area (Å²) in [5, 5.41) is 9.15. The lowest BCUT2D eigenvalue weighted by atomic mass is 10.3. The zero-order valence-electron chi connectivity index (χ0n) is 13.9. The lowest BCUT2D eigenvalue weighted by molar-refractivity contribution is 0.449. The molecule has 0 aliphatic carbocycles. The van der Waals surface area contributed by atoms with Crippen LogP contribution in [0.3, 0.4) is 0 Å². The Balaban J connectivity index is 0.00000109. The first kappa shape index (κ1) is 18.3. The Labute approximate surface area is 152 Å². The molecule has 0 N–H and O–H groups in total. The molecule has 0 spiro atoms. The lowest BCUT2D eigenvalue weighted by Crippen LogP contribution is -1.91. The topological polar surface area (TPSA) is 55.1 Å². The monoisotopic (exact) mass is 352 g/mol. The normalized spacial score (nSPS) is 9.36. The third-order valence-electron chi connectivity index (χ3n) is 2.91. The van der Waals surface area contributed by atoms with Crippen molar-refractivity contribution in [3.8, 4) is 29.2 Å². The van der Waals surface area contributed by atoms with Gasteiger partial charge >= 0.3 is 0 Å². The van der Waals surface area contributed by atoms with Gasteiger partial charge in [0, 0.05) is 12.1 Å². The first-order valence-electron chi connectivity index (χ1n) is 7.81. The second-order valence-electron chi connectivity index (χ2n) is 4.62. The van der Waals surface area contributed by atoms with Crippen LogP contribution in [0.2, 0.25) is 5.15 Å². The molecule has 5 heteroatoms. The van der Waals surface area contributed by atoms with E-state index in [9.17, 15) is 0 Å². The molecule has 4 nitrogen and oxygen atoms in total. The minimum absolute atomic E-state index is 0.204. The zero-order chi connectivity index (χ0) is 18.1. The van der Waals surface area contributed by atoms with Crippen LogP contribution in [0.4, 0.5) is 0 Å². The quantitative estimate of drug-likeness (QED) is 0.523. The van der Waals surface area contributed by atoms with E-state index < -0.39 is 0 Å². The van der Waals surface area contributed by atoms with Gasteiger partial charge in [-0.15, -0.1) is 0 Å². The molecule has 25 heavy (non-hydrogen) atoms. The summed E-state index contributed by atoms with van der Waals surface area (Å²) in [5.74, 6) is 2.16. The van der Waals surface area contributed by atoms with Crippen LogP contribution in [0.5, 0.6) is 23.1 Å². The van der Waals surface area contributed by atoms with Crippen molar-refractivity contribution in [2.45, 2.75) is 13.8 Å². The summed E-state index contributed by atoms with van der Waals surface area (Å²) in [5.41, 5.74) is 0.386. The number of para-hydroxylation sites is 1. The van der Waals surface area contributed by atoms with Crippen molar-refractivity contribution in [3.05, 3.63) is 77.4 Å². The Morgan fingerprint density at radius 3 is 2.16 bits per heavy atom. The largest absolute Gasteiger partial charge is 0.457 e. The fourth-order valence-corrected chi connectivity index (χ4v) is 2.14. The number of hydrogen-bond donors (Lipinski definition) is 0. The first-order valence-corrected chi connectivity index (χ1v) is 8.19. The van der Waals surface area contributed by atoms with E-state index in [1.54, 1.807) is 12.1 Å². The van der Waals surface area contributed by atoms with Gasteiger partial charge in [0.25, 0.3) is 0 Å². The van der Waals surface area contributed by atoms with E-state index >= 15 is 0 Å². The van der Waals surface area contributed by atoms with Crippen LogP contribution in [0.1, 0.15) is 19.4 Å². The third kappa shape index (κ3) is 5.52. The fourth-order valence-electron chi connectivity index (χ4n) is 1.94. The van der Waals surface area contributed by atoms with Crippen molar-refractivity contribution >= 4 is 11.6 Å². The van der Waals surface area contributed by atoms with Crippen LogP contribution in [0, 0.1) is 11.3 Å². The van der Waals surface area contributed by atoms with Gasteiger partial charge in [0.2, 0.25) is 5.88 Å². The molecule has 0 atom stereocenters. The average molecular weight is 353 g/mol. The summed E-state index contributed by atoms with van der Waals surface area (Å²) in [6.45, 7) is 4.00. The van der Waals surface area contributed by atoms with Gasteiger partial charge in [0.05, 0.1) is 11.6 Å². The van der Waals surface area contributed by atoms with E-state index in [1.165, 1.54) is 12.1 Å². The van der Waals surface area contributed by atoms with Crippen molar-refractivity contribution in [2.24, 2.45) is 0 Å². The van der Waals surface area contributed by atoms with Crippen molar-refractivity contribution in [3.63, 3.8) is 0 Å². The number of rotatable bonds is 4. The number of ether oxygens (including phenoxy) is 2. The second-order valence-corrected chi connectivity index (χ2v) is 5.01. The van der Waals surface area contributed by atoms with Gasteiger partial charge in [-0.1, -0.05) is 49.7 Å². The van der Waals surface area contributed by atoms with Crippen LogP contribution in [0.25, 0.3) is 0 Å². The van der Waals surface area contributed by atoms with Gasteiger partial charge in [-0.3, -0.25) is 0 Å². The molecule has 2 aromatic carbocycles. The van der Waals surface area contributed by atoms with E-state index in [2.05, 4.69) is 4.98 Å². The Morgan fingerprint density at radius 2 is 1.48 bits per heavy atom.